The van der Waals surface area contributed by atoms with E-state index >= 15 is 0 Å². The van der Waals surface area contributed by atoms with Gasteiger partial charge < -0.3 is 15.4 Å². The number of nitrogens with one attached hydrogen (secondary N) is 2. The van der Waals surface area contributed by atoms with Gasteiger partial charge >= 0.3 is 0 Å². The third kappa shape index (κ3) is 5.32. The Morgan fingerprint density at radius 2 is 1.69 bits per heavy atom. The summed E-state index contributed by atoms with van der Waals surface area (Å²) in [5.41, 5.74) is 3.02. The highest BCUT2D eigenvalue weighted by atomic mass is 19.1. The van der Waals surface area contributed by atoms with Crippen molar-refractivity contribution in [2.75, 3.05) is 5.32 Å². The van der Waals surface area contributed by atoms with E-state index in [-0.39, 0.29) is 29.9 Å². The SMILES string of the molecule is CCc1ccc(C(=O)NC2CC2)cc1NC(=O)c1ccc(OCc2ccccc2)c(F)c1. The van der Waals surface area contributed by atoms with Crippen molar-refractivity contribution in [3.8, 4) is 5.75 Å². The summed E-state index contributed by atoms with van der Waals surface area (Å²) < 4.78 is 20.1. The number of carbonyl (C=O) groups is 2. The minimum atomic E-state index is -0.609. The standard InChI is InChI=1S/C26H25FN2O3/c1-2-18-8-9-20(25(30)28-21-11-12-21)15-23(18)29-26(31)19-10-13-24(22(27)14-19)32-16-17-6-4-3-5-7-17/h3-10,13-15,21H,2,11-12,16H2,1H3,(H,28,30)(H,29,31). The molecule has 32 heavy (non-hydrogen) atoms. The summed E-state index contributed by atoms with van der Waals surface area (Å²) in [4.78, 5) is 25.1. The van der Waals surface area contributed by atoms with Crippen molar-refractivity contribution in [3.63, 3.8) is 0 Å². The van der Waals surface area contributed by atoms with Gasteiger partial charge in [0.2, 0.25) is 0 Å². The number of carbonyl (C=O) groups excluding carboxylic acids is 2. The van der Waals surface area contributed by atoms with Crippen LogP contribution in [-0.2, 0) is 13.0 Å². The Balaban J connectivity index is 1.45. The molecule has 0 atom stereocenters. The lowest BCUT2D eigenvalue weighted by Gasteiger charge is -2.13. The van der Waals surface area contributed by atoms with Crippen molar-refractivity contribution in [3.05, 3.63) is 94.8 Å². The van der Waals surface area contributed by atoms with Crippen molar-refractivity contribution in [2.45, 2.75) is 38.8 Å². The molecule has 3 aromatic carbocycles. The predicted octanol–water partition coefficient (Wildman–Crippen LogP) is 5.11. The minimum absolute atomic E-state index is 0.0818. The Morgan fingerprint density at radius 3 is 2.38 bits per heavy atom. The molecule has 4 rings (SSSR count). The van der Waals surface area contributed by atoms with E-state index in [0.29, 0.717) is 17.7 Å². The molecule has 164 valence electrons. The van der Waals surface area contributed by atoms with Crippen molar-refractivity contribution >= 4 is 17.5 Å². The number of amides is 2. The summed E-state index contributed by atoms with van der Waals surface area (Å²) >= 11 is 0. The van der Waals surface area contributed by atoms with Gasteiger partial charge in [-0.05, 0) is 60.7 Å². The molecule has 0 aliphatic heterocycles. The highest BCUT2D eigenvalue weighted by Gasteiger charge is 2.24. The molecule has 0 saturated heterocycles. The first-order valence-corrected chi connectivity index (χ1v) is 10.7. The lowest BCUT2D eigenvalue weighted by Crippen LogP contribution is -2.25. The summed E-state index contributed by atoms with van der Waals surface area (Å²) in [6.45, 7) is 2.20. The third-order valence-electron chi connectivity index (χ3n) is 5.34. The van der Waals surface area contributed by atoms with Gasteiger partial charge in [-0.2, -0.15) is 0 Å². The molecule has 0 heterocycles. The Labute approximate surface area is 186 Å². The topological polar surface area (TPSA) is 67.4 Å². The van der Waals surface area contributed by atoms with E-state index in [0.717, 1.165) is 30.0 Å². The van der Waals surface area contributed by atoms with Gasteiger partial charge in [0.1, 0.15) is 6.61 Å². The average molecular weight is 432 g/mol. The van der Waals surface area contributed by atoms with E-state index in [9.17, 15) is 14.0 Å². The zero-order valence-corrected chi connectivity index (χ0v) is 17.9. The molecule has 1 fully saturated rings. The van der Waals surface area contributed by atoms with Crippen LogP contribution in [0.25, 0.3) is 0 Å². The molecule has 6 heteroatoms. The molecule has 0 spiro atoms. The molecular weight excluding hydrogens is 407 g/mol. The quantitative estimate of drug-likeness (QED) is 0.520. The summed E-state index contributed by atoms with van der Waals surface area (Å²) in [6.07, 6.45) is 2.68. The minimum Gasteiger partial charge on any atom is -0.486 e. The van der Waals surface area contributed by atoms with Gasteiger partial charge in [-0.1, -0.05) is 43.3 Å². The van der Waals surface area contributed by atoms with Gasteiger partial charge in [0, 0.05) is 22.9 Å². The molecule has 0 bridgehead atoms. The molecule has 2 N–H and O–H groups in total. The lowest BCUT2D eigenvalue weighted by atomic mass is 10.1. The van der Waals surface area contributed by atoms with Crippen LogP contribution in [0.1, 0.15) is 51.6 Å². The first-order chi connectivity index (χ1) is 15.5. The monoisotopic (exact) mass is 432 g/mol. The van der Waals surface area contributed by atoms with Crippen LogP contribution in [0.2, 0.25) is 0 Å². The molecule has 3 aromatic rings. The van der Waals surface area contributed by atoms with Crippen LogP contribution in [0.15, 0.2) is 66.7 Å². The van der Waals surface area contributed by atoms with Crippen LogP contribution in [0.5, 0.6) is 5.75 Å². The zero-order chi connectivity index (χ0) is 22.5. The van der Waals surface area contributed by atoms with Crippen LogP contribution >= 0.6 is 0 Å². The van der Waals surface area contributed by atoms with Crippen molar-refractivity contribution < 1.29 is 18.7 Å². The molecule has 1 saturated carbocycles. The third-order valence-corrected chi connectivity index (χ3v) is 5.34. The Hall–Kier alpha value is -3.67. The van der Waals surface area contributed by atoms with E-state index in [4.69, 9.17) is 4.74 Å². The summed E-state index contributed by atoms with van der Waals surface area (Å²) in [7, 11) is 0. The van der Waals surface area contributed by atoms with Crippen molar-refractivity contribution in [2.24, 2.45) is 0 Å². The summed E-state index contributed by atoms with van der Waals surface area (Å²) in [5, 5.41) is 5.76. The number of aryl methyl sites for hydroxylation is 1. The number of ether oxygens (including phenoxy) is 1. The second-order valence-corrected chi connectivity index (χ2v) is 7.85. The average Bonchev–Trinajstić information content (AvgIpc) is 3.62. The summed E-state index contributed by atoms with van der Waals surface area (Å²) in [6, 6.07) is 19.1. The molecule has 5 nitrogen and oxygen atoms in total. The number of halogens is 1. The number of benzene rings is 3. The maximum atomic E-state index is 14.5. The number of anilines is 1. The van der Waals surface area contributed by atoms with E-state index < -0.39 is 11.7 Å². The maximum Gasteiger partial charge on any atom is 0.255 e. The maximum absolute atomic E-state index is 14.5. The Kier molecular flexibility index (Phi) is 6.50. The van der Waals surface area contributed by atoms with E-state index in [2.05, 4.69) is 10.6 Å². The fourth-order valence-corrected chi connectivity index (χ4v) is 3.33. The van der Waals surface area contributed by atoms with Crippen LogP contribution in [0.4, 0.5) is 10.1 Å². The number of hydrogen-bond acceptors (Lipinski definition) is 3. The second-order valence-electron chi connectivity index (χ2n) is 7.85. The fraction of sp³-hybridized carbons (Fsp3) is 0.231. The first-order valence-electron chi connectivity index (χ1n) is 10.7. The van der Waals surface area contributed by atoms with Crippen LogP contribution in [0.3, 0.4) is 0 Å². The van der Waals surface area contributed by atoms with Gasteiger partial charge in [-0.3, -0.25) is 9.59 Å². The van der Waals surface area contributed by atoms with E-state index in [1.807, 2.05) is 43.3 Å². The second kappa shape index (κ2) is 9.64. The molecule has 0 unspecified atom stereocenters. The molecule has 1 aliphatic rings. The van der Waals surface area contributed by atoms with Gasteiger partial charge in [-0.15, -0.1) is 0 Å². The predicted molar refractivity (Wildman–Crippen MR) is 121 cm³/mol. The largest absolute Gasteiger partial charge is 0.486 e. The smallest absolute Gasteiger partial charge is 0.255 e. The Bertz CT molecular complexity index is 1130. The van der Waals surface area contributed by atoms with Crippen molar-refractivity contribution in [1.29, 1.82) is 0 Å². The van der Waals surface area contributed by atoms with Gasteiger partial charge in [0.05, 0.1) is 0 Å². The lowest BCUT2D eigenvalue weighted by molar-refractivity contribution is 0.0949. The van der Waals surface area contributed by atoms with Gasteiger partial charge in [0.15, 0.2) is 11.6 Å². The molecule has 1 aliphatic carbocycles. The van der Waals surface area contributed by atoms with E-state index in [1.165, 1.54) is 12.1 Å². The van der Waals surface area contributed by atoms with Gasteiger partial charge in [-0.25, -0.2) is 4.39 Å². The van der Waals surface area contributed by atoms with Crippen LogP contribution in [-0.4, -0.2) is 17.9 Å². The fourth-order valence-electron chi connectivity index (χ4n) is 3.33. The first kappa shape index (κ1) is 21.6. The number of hydrogen-bond donors (Lipinski definition) is 2. The van der Waals surface area contributed by atoms with Gasteiger partial charge in [0.25, 0.3) is 11.8 Å². The van der Waals surface area contributed by atoms with Crippen LogP contribution < -0.4 is 15.4 Å². The molecule has 2 amide bonds. The molecular formula is C26H25FN2O3. The van der Waals surface area contributed by atoms with Crippen molar-refractivity contribution in [1.82, 2.24) is 5.32 Å². The van der Waals surface area contributed by atoms with E-state index in [1.54, 1.807) is 12.1 Å². The highest BCUT2D eigenvalue weighted by molar-refractivity contribution is 6.05. The Morgan fingerprint density at radius 1 is 0.969 bits per heavy atom. The molecule has 0 radical (unpaired) electrons. The normalized spacial score (nSPS) is 12.8. The summed E-state index contributed by atoms with van der Waals surface area (Å²) in [5.74, 6) is -1.13. The highest BCUT2D eigenvalue weighted by Crippen LogP contribution is 2.24. The van der Waals surface area contributed by atoms with Crippen LogP contribution in [0, 0.1) is 5.82 Å². The molecule has 0 aromatic heterocycles. The number of rotatable bonds is 8. The zero-order valence-electron chi connectivity index (χ0n) is 17.9.